The lowest BCUT2D eigenvalue weighted by atomic mass is 9.81. The second kappa shape index (κ2) is 5.82. The Hall–Kier alpha value is -2.90. The molecule has 2 heterocycles. The Morgan fingerprint density at radius 3 is 2.77 bits per heavy atom. The predicted octanol–water partition coefficient (Wildman–Crippen LogP) is 0.403. The van der Waals surface area contributed by atoms with Gasteiger partial charge in [0, 0.05) is 13.1 Å². The molecular weight excluding hydrogens is 338 g/mol. The van der Waals surface area contributed by atoms with E-state index in [1.54, 1.807) is 24.3 Å². The van der Waals surface area contributed by atoms with E-state index in [0.717, 1.165) is 17.4 Å². The molecule has 8 heteroatoms. The number of likely N-dealkylation sites (tertiary alicyclic amines) is 1. The van der Waals surface area contributed by atoms with E-state index in [1.807, 2.05) is 0 Å². The number of nitrogens with zero attached hydrogens (tertiary/aromatic N) is 2. The van der Waals surface area contributed by atoms with E-state index < -0.39 is 28.5 Å². The van der Waals surface area contributed by atoms with Crippen LogP contribution in [0, 0.1) is 11.3 Å². The average Bonchev–Trinajstić information content (AvgIpc) is 3.17. The van der Waals surface area contributed by atoms with Crippen LogP contribution in [-0.2, 0) is 16.1 Å². The summed E-state index contributed by atoms with van der Waals surface area (Å²) >= 11 is 0. The molecule has 2 N–H and O–H groups in total. The summed E-state index contributed by atoms with van der Waals surface area (Å²) in [5.41, 5.74) is -1.62. The van der Waals surface area contributed by atoms with Gasteiger partial charge in [-0.1, -0.05) is 18.6 Å². The first-order chi connectivity index (χ1) is 12.4. The van der Waals surface area contributed by atoms with Gasteiger partial charge < -0.3 is 15.0 Å². The molecule has 1 amide bonds. The normalized spacial score (nSPS) is 24.8. The van der Waals surface area contributed by atoms with Crippen LogP contribution in [0.3, 0.4) is 0 Å². The van der Waals surface area contributed by atoms with Crippen molar-refractivity contribution in [3.05, 3.63) is 45.1 Å². The number of carboxylic acids is 1. The van der Waals surface area contributed by atoms with Crippen molar-refractivity contribution >= 4 is 22.8 Å². The van der Waals surface area contributed by atoms with Crippen molar-refractivity contribution in [1.82, 2.24) is 14.5 Å². The Morgan fingerprint density at radius 2 is 2.04 bits per heavy atom. The molecule has 1 saturated heterocycles. The molecule has 1 aromatic carbocycles. The zero-order chi connectivity index (χ0) is 18.5. The van der Waals surface area contributed by atoms with Gasteiger partial charge in [-0.3, -0.25) is 19.0 Å². The number of nitrogens with one attached hydrogen (secondary N) is 1. The van der Waals surface area contributed by atoms with Gasteiger partial charge in [0.1, 0.15) is 6.54 Å². The van der Waals surface area contributed by atoms with E-state index in [1.165, 1.54) is 4.90 Å². The molecule has 1 saturated carbocycles. The molecule has 8 nitrogen and oxygen atoms in total. The number of amides is 1. The van der Waals surface area contributed by atoms with E-state index in [2.05, 4.69) is 4.98 Å². The monoisotopic (exact) mass is 357 g/mol. The summed E-state index contributed by atoms with van der Waals surface area (Å²) in [4.78, 5) is 53.3. The van der Waals surface area contributed by atoms with Gasteiger partial charge in [0.2, 0.25) is 5.91 Å². The van der Waals surface area contributed by atoms with Gasteiger partial charge in [0.15, 0.2) is 0 Å². The number of rotatable bonds is 3. The van der Waals surface area contributed by atoms with E-state index in [4.69, 9.17) is 0 Å². The summed E-state index contributed by atoms with van der Waals surface area (Å²) in [6.07, 6.45) is 2.20. The van der Waals surface area contributed by atoms with Gasteiger partial charge in [-0.2, -0.15) is 0 Å². The third kappa shape index (κ3) is 2.36. The Bertz CT molecular complexity index is 1020. The van der Waals surface area contributed by atoms with Crippen molar-refractivity contribution in [3.63, 3.8) is 0 Å². The van der Waals surface area contributed by atoms with Gasteiger partial charge in [0.05, 0.1) is 16.3 Å². The molecule has 2 fully saturated rings. The molecule has 1 aromatic heterocycles. The fourth-order valence-corrected chi connectivity index (χ4v) is 4.41. The maximum atomic E-state index is 12.7. The van der Waals surface area contributed by atoms with Crippen LogP contribution in [0.2, 0.25) is 0 Å². The van der Waals surface area contributed by atoms with Crippen molar-refractivity contribution in [1.29, 1.82) is 0 Å². The molecule has 26 heavy (non-hydrogen) atoms. The molecule has 2 atom stereocenters. The Kier molecular flexibility index (Phi) is 3.71. The molecule has 2 aliphatic rings. The van der Waals surface area contributed by atoms with Crippen molar-refractivity contribution in [3.8, 4) is 0 Å². The lowest BCUT2D eigenvalue weighted by Gasteiger charge is -2.23. The maximum Gasteiger partial charge on any atom is 0.329 e. The number of hydrogen-bond acceptors (Lipinski definition) is 4. The van der Waals surface area contributed by atoms with Crippen LogP contribution in [0.1, 0.15) is 19.3 Å². The number of fused-ring (bicyclic) bond motifs is 2. The second-order valence-electron chi connectivity index (χ2n) is 7.19. The molecule has 0 radical (unpaired) electrons. The van der Waals surface area contributed by atoms with E-state index in [9.17, 15) is 24.3 Å². The highest BCUT2D eigenvalue weighted by molar-refractivity contribution is 5.82. The SMILES string of the molecule is O=C(Cn1c(=O)[nH]c2ccccc2c1=O)N1C[C@@H]2CCC[C@@]2(C(=O)O)C1. The van der Waals surface area contributed by atoms with Crippen LogP contribution < -0.4 is 11.2 Å². The smallest absolute Gasteiger partial charge is 0.329 e. The summed E-state index contributed by atoms with van der Waals surface area (Å²) in [5, 5.41) is 9.96. The summed E-state index contributed by atoms with van der Waals surface area (Å²) in [5.74, 6) is -1.32. The van der Waals surface area contributed by atoms with Crippen molar-refractivity contribution < 1.29 is 14.7 Å². The molecule has 136 valence electrons. The molecule has 1 aliphatic heterocycles. The van der Waals surface area contributed by atoms with Gasteiger partial charge in [-0.25, -0.2) is 4.79 Å². The van der Waals surface area contributed by atoms with Crippen LogP contribution in [0.5, 0.6) is 0 Å². The number of carboxylic acid groups (broad SMARTS) is 1. The number of para-hydroxylation sites is 1. The number of hydrogen-bond donors (Lipinski definition) is 2. The maximum absolute atomic E-state index is 12.7. The zero-order valence-electron chi connectivity index (χ0n) is 14.1. The molecule has 1 aliphatic carbocycles. The minimum atomic E-state index is -0.879. The fraction of sp³-hybridized carbons (Fsp3) is 0.444. The molecule has 2 aromatic rings. The highest BCUT2D eigenvalue weighted by atomic mass is 16.4. The summed E-state index contributed by atoms with van der Waals surface area (Å²) in [6.45, 7) is 0.124. The van der Waals surface area contributed by atoms with E-state index in [0.29, 0.717) is 23.9 Å². The summed E-state index contributed by atoms with van der Waals surface area (Å²) < 4.78 is 0.881. The number of aromatic nitrogens is 2. The Balaban J connectivity index is 1.62. The minimum Gasteiger partial charge on any atom is -0.481 e. The number of H-pyrrole nitrogens is 1. The highest BCUT2D eigenvalue weighted by Gasteiger charge is 2.55. The predicted molar refractivity (Wildman–Crippen MR) is 92.8 cm³/mol. The molecule has 0 bridgehead atoms. The largest absolute Gasteiger partial charge is 0.481 e. The van der Waals surface area contributed by atoms with Crippen LogP contribution in [-0.4, -0.2) is 44.5 Å². The van der Waals surface area contributed by atoms with Gasteiger partial charge in [-0.05, 0) is 30.9 Å². The fourth-order valence-electron chi connectivity index (χ4n) is 4.41. The van der Waals surface area contributed by atoms with Gasteiger partial charge >= 0.3 is 11.7 Å². The minimum absolute atomic E-state index is 0.0597. The Morgan fingerprint density at radius 1 is 1.27 bits per heavy atom. The van der Waals surface area contributed by atoms with Crippen molar-refractivity contribution in [2.45, 2.75) is 25.8 Å². The first-order valence-corrected chi connectivity index (χ1v) is 8.65. The van der Waals surface area contributed by atoms with E-state index in [-0.39, 0.29) is 19.0 Å². The Labute approximate surface area is 148 Å². The molecule has 4 rings (SSSR count). The third-order valence-corrected chi connectivity index (χ3v) is 5.83. The molecule has 0 spiro atoms. The number of aliphatic carboxylic acids is 1. The lowest BCUT2D eigenvalue weighted by Crippen LogP contribution is -2.43. The average molecular weight is 357 g/mol. The molecular formula is C18H19N3O5. The van der Waals surface area contributed by atoms with Crippen LogP contribution in [0.25, 0.3) is 10.9 Å². The standard InChI is InChI=1S/C18H19N3O5/c22-14(20-8-11-4-3-7-18(11,10-20)16(24)25)9-21-15(23)12-5-1-2-6-13(12)19-17(21)26/h1-2,5-6,11H,3-4,7-10H2,(H,19,26)(H,24,25)/t11-,18+/m0/s1. The molecule has 0 unspecified atom stereocenters. The number of carbonyl (C=O) groups excluding carboxylic acids is 1. The highest BCUT2D eigenvalue weighted by Crippen LogP contribution is 2.48. The van der Waals surface area contributed by atoms with Crippen molar-refractivity contribution in [2.75, 3.05) is 13.1 Å². The quantitative estimate of drug-likeness (QED) is 0.826. The van der Waals surface area contributed by atoms with Crippen molar-refractivity contribution in [2.24, 2.45) is 11.3 Å². The van der Waals surface area contributed by atoms with Crippen LogP contribution in [0.15, 0.2) is 33.9 Å². The van der Waals surface area contributed by atoms with Gasteiger partial charge in [0.25, 0.3) is 5.56 Å². The van der Waals surface area contributed by atoms with Crippen LogP contribution >= 0.6 is 0 Å². The second-order valence-corrected chi connectivity index (χ2v) is 7.19. The first-order valence-electron chi connectivity index (χ1n) is 8.65. The summed E-state index contributed by atoms with van der Waals surface area (Å²) in [6, 6.07) is 6.62. The first kappa shape index (κ1) is 16.6. The van der Waals surface area contributed by atoms with E-state index >= 15 is 0 Å². The lowest BCUT2D eigenvalue weighted by molar-refractivity contribution is -0.149. The third-order valence-electron chi connectivity index (χ3n) is 5.83. The van der Waals surface area contributed by atoms with Crippen LogP contribution in [0.4, 0.5) is 0 Å². The number of aromatic amines is 1. The number of carbonyl (C=O) groups is 2. The zero-order valence-corrected chi connectivity index (χ0v) is 14.1. The van der Waals surface area contributed by atoms with Gasteiger partial charge in [-0.15, -0.1) is 0 Å². The number of benzene rings is 1. The topological polar surface area (TPSA) is 112 Å². The summed E-state index contributed by atoms with van der Waals surface area (Å²) in [7, 11) is 0.